The number of hydrogen-bond acceptors (Lipinski definition) is 3. The second-order valence-corrected chi connectivity index (χ2v) is 4.27. The van der Waals surface area contributed by atoms with Crippen LogP contribution in [0.15, 0.2) is 24.5 Å². The van der Waals surface area contributed by atoms with Crippen LogP contribution in [-0.4, -0.2) is 23.2 Å². The molecule has 2 atom stereocenters. The predicted molar refractivity (Wildman–Crippen MR) is 66.2 cm³/mol. The third-order valence-corrected chi connectivity index (χ3v) is 3.17. The fourth-order valence-electron chi connectivity index (χ4n) is 1.79. The van der Waals surface area contributed by atoms with E-state index in [1.807, 2.05) is 19.1 Å². The first-order valence-corrected chi connectivity index (χ1v) is 5.90. The van der Waals surface area contributed by atoms with Crippen molar-refractivity contribution in [3.8, 4) is 0 Å². The van der Waals surface area contributed by atoms with Gasteiger partial charge in [-0.15, -0.1) is 0 Å². The molecule has 2 unspecified atom stereocenters. The molecule has 16 heavy (non-hydrogen) atoms. The van der Waals surface area contributed by atoms with Gasteiger partial charge in [0.05, 0.1) is 5.60 Å². The minimum Gasteiger partial charge on any atom is -0.374 e. The Morgan fingerprint density at radius 3 is 2.50 bits per heavy atom. The first-order chi connectivity index (χ1) is 7.62. The van der Waals surface area contributed by atoms with Crippen molar-refractivity contribution in [3.63, 3.8) is 0 Å². The molecule has 0 aliphatic carbocycles. The summed E-state index contributed by atoms with van der Waals surface area (Å²) in [5.74, 6) is 0. The maximum atomic E-state index is 6.24. The Morgan fingerprint density at radius 1 is 1.38 bits per heavy atom. The van der Waals surface area contributed by atoms with E-state index in [0.717, 1.165) is 12.8 Å². The highest BCUT2D eigenvalue weighted by Crippen LogP contribution is 2.21. The lowest BCUT2D eigenvalue weighted by Gasteiger charge is -2.34. The first-order valence-electron chi connectivity index (χ1n) is 5.90. The molecular formula is C13H22N2O. The summed E-state index contributed by atoms with van der Waals surface area (Å²) in [5, 5.41) is 0. The number of ether oxygens (including phenoxy) is 1. The normalized spacial score (nSPS) is 16.8. The van der Waals surface area contributed by atoms with Crippen LogP contribution < -0.4 is 5.73 Å². The molecule has 0 radical (unpaired) electrons. The molecule has 90 valence electrons. The van der Waals surface area contributed by atoms with E-state index in [-0.39, 0.29) is 11.6 Å². The van der Waals surface area contributed by atoms with Gasteiger partial charge in [0.25, 0.3) is 0 Å². The third-order valence-electron chi connectivity index (χ3n) is 3.17. The average molecular weight is 222 g/mol. The molecule has 0 amide bonds. The van der Waals surface area contributed by atoms with E-state index in [9.17, 15) is 0 Å². The van der Waals surface area contributed by atoms with Crippen LogP contribution in [0.5, 0.6) is 0 Å². The van der Waals surface area contributed by atoms with Crippen molar-refractivity contribution < 1.29 is 4.74 Å². The van der Waals surface area contributed by atoms with Crippen molar-refractivity contribution in [2.75, 3.05) is 6.61 Å². The Labute approximate surface area is 98.0 Å². The van der Waals surface area contributed by atoms with Gasteiger partial charge < -0.3 is 10.5 Å². The maximum absolute atomic E-state index is 6.24. The van der Waals surface area contributed by atoms with E-state index in [4.69, 9.17) is 10.5 Å². The van der Waals surface area contributed by atoms with Crippen LogP contribution in [0.4, 0.5) is 0 Å². The number of hydrogen-bond donors (Lipinski definition) is 1. The second-order valence-electron chi connectivity index (χ2n) is 4.27. The fourth-order valence-corrected chi connectivity index (χ4v) is 1.79. The summed E-state index contributed by atoms with van der Waals surface area (Å²) < 4.78 is 5.77. The molecule has 1 aromatic heterocycles. The highest BCUT2D eigenvalue weighted by atomic mass is 16.5. The van der Waals surface area contributed by atoms with Crippen molar-refractivity contribution in [3.05, 3.63) is 30.1 Å². The predicted octanol–water partition coefficient (Wildman–Crippen LogP) is 2.16. The number of nitrogens with two attached hydrogens (primary N) is 1. The van der Waals surface area contributed by atoms with Gasteiger partial charge in [0.15, 0.2) is 0 Å². The van der Waals surface area contributed by atoms with E-state index in [1.165, 1.54) is 5.56 Å². The number of nitrogens with zero attached hydrogens (tertiary/aromatic N) is 1. The quantitative estimate of drug-likeness (QED) is 0.802. The fraction of sp³-hybridized carbons (Fsp3) is 0.615. The summed E-state index contributed by atoms with van der Waals surface area (Å²) in [7, 11) is 0. The van der Waals surface area contributed by atoms with Crippen molar-refractivity contribution in [1.82, 2.24) is 4.98 Å². The van der Waals surface area contributed by atoms with Gasteiger partial charge >= 0.3 is 0 Å². The van der Waals surface area contributed by atoms with Crippen LogP contribution in [0, 0.1) is 0 Å². The van der Waals surface area contributed by atoms with Gasteiger partial charge in [0.2, 0.25) is 0 Å². The van der Waals surface area contributed by atoms with Gasteiger partial charge in [-0.2, -0.15) is 0 Å². The molecule has 0 saturated carbocycles. The molecular weight excluding hydrogens is 200 g/mol. The van der Waals surface area contributed by atoms with E-state index in [0.29, 0.717) is 6.61 Å². The molecule has 1 rings (SSSR count). The Morgan fingerprint density at radius 2 is 2.00 bits per heavy atom. The van der Waals surface area contributed by atoms with Gasteiger partial charge in [-0.1, -0.05) is 6.92 Å². The largest absolute Gasteiger partial charge is 0.374 e. The standard InChI is InChI=1S/C13H22N2O/c1-4-13(3,16-5-2)12(14)10-11-6-8-15-9-7-11/h6-9,12H,4-5,10,14H2,1-3H3. The van der Waals surface area contributed by atoms with Crippen molar-refractivity contribution in [2.24, 2.45) is 5.73 Å². The Hall–Kier alpha value is -0.930. The lowest BCUT2D eigenvalue weighted by molar-refractivity contribution is -0.0461. The highest BCUT2D eigenvalue weighted by molar-refractivity contribution is 5.12. The number of pyridine rings is 1. The summed E-state index contributed by atoms with van der Waals surface area (Å²) in [4.78, 5) is 4.00. The zero-order chi connectivity index (χ0) is 12.0. The monoisotopic (exact) mass is 222 g/mol. The summed E-state index contributed by atoms with van der Waals surface area (Å²) in [6.45, 7) is 6.91. The third kappa shape index (κ3) is 3.29. The van der Waals surface area contributed by atoms with Crippen molar-refractivity contribution in [1.29, 1.82) is 0 Å². The summed E-state index contributed by atoms with van der Waals surface area (Å²) >= 11 is 0. The zero-order valence-corrected chi connectivity index (χ0v) is 10.4. The molecule has 1 aromatic rings. The smallest absolute Gasteiger partial charge is 0.0805 e. The molecule has 0 bridgehead atoms. The number of rotatable bonds is 6. The van der Waals surface area contributed by atoms with Crippen LogP contribution in [-0.2, 0) is 11.2 Å². The minimum absolute atomic E-state index is 0.0137. The Kier molecular flexibility index (Phi) is 4.90. The zero-order valence-electron chi connectivity index (χ0n) is 10.4. The first kappa shape index (κ1) is 13.1. The van der Waals surface area contributed by atoms with E-state index in [1.54, 1.807) is 12.4 Å². The van der Waals surface area contributed by atoms with E-state index in [2.05, 4.69) is 18.8 Å². The Balaban J connectivity index is 2.66. The highest BCUT2D eigenvalue weighted by Gasteiger charge is 2.30. The van der Waals surface area contributed by atoms with Gasteiger partial charge in [-0.25, -0.2) is 0 Å². The minimum atomic E-state index is -0.238. The van der Waals surface area contributed by atoms with Crippen LogP contribution in [0.1, 0.15) is 32.8 Å². The molecule has 0 aliphatic rings. The van der Waals surface area contributed by atoms with Gasteiger partial charge in [0, 0.05) is 25.0 Å². The van der Waals surface area contributed by atoms with Gasteiger partial charge in [-0.3, -0.25) is 4.98 Å². The number of aromatic nitrogens is 1. The van der Waals surface area contributed by atoms with E-state index >= 15 is 0 Å². The molecule has 0 aliphatic heterocycles. The topological polar surface area (TPSA) is 48.1 Å². The summed E-state index contributed by atoms with van der Waals surface area (Å²) in [6.07, 6.45) is 5.35. The second kappa shape index (κ2) is 5.97. The summed E-state index contributed by atoms with van der Waals surface area (Å²) in [5.41, 5.74) is 7.21. The maximum Gasteiger partial charge on any atom is 0.0805 e. The van der Waals surface area contributed by atoms with Crippen molar-refractivity contribution in [2.45, 2.75) is 45.3 Å². The van der Waals surface area contributed by atoms with Gasteiger partial charge in [0.1, 0.15) is 0 Å². The van der Waals surface area contributed by atoms with E-state index < -0.39 is 0 Å². The molecule has 0 spiro atoms. The Bertz CT molecular complexity index is 302. The SMILES string of the molecule is CCOC(C)(CC)C(N)Cc1ccncc1. The van der Waals surface area contributed by atoms with Crippen molar-refractivity contribution >= 4 is 0 Å². The lowest BCUT2D eigenvalue weighted by Crippen LogP contribution is -2.48. The van der Waals surface area contributed by atoms with Gasteiger partial charge in [-0.05, 0) is 44.4 Å². The lowest BCUT2D eigenvalue weighted by atomic mass is 9.89. The van der Waals surface area contributed by atoms with Crippen LogP contribution >= 0.6 is 0 Å². The molecule has 2 N–H and O–H groups in total. The van der Waals surface area contributed by atoms with Crippen LogP contribution in [0.25, 0.3) is 0 Å². The molecule has 0 fully saturated rings. The molecule has 3 nitrogen and oxygen atoms in total. The molecule has 1 heterocycles. The average Bonchev–Trinajstić information content (AvgIpc) is 2.30. The molecule has 3 heteroatoms. The van der Waals surface area contributed by atoms with Crippen LogP contribution in [0.2, 0.25) is 0 Å². The molecule has 0 saturated heterocycles. The molecule has 0 aromatic carbocycles. The summed E-state index contributed by atoms with van der Waals surface area (Å²) in [6, 6.07) is 4.02. The van der Waals surface area contributed by atoms with Crippen LogP contribution in [0.3, 0.4) is 0 Å².